The van der Waals surface area contributed by atoms with Crippen molar-refractivity contribution in [1.82, 2.24) is 0 Å². The summed E-state index contributed by atoms with van der Waals surface area (Å²) in [4.78, 5) is 1.53. The summed E-state index contributed by atoms with van der Waals surface area (Å²) >= 11 is 0. The number of nitrogens with zero attached hydrogens (tertiary/aromatic N) is 5. The molecule has 43 heavy (non-hydrogen) atoms. The van der Waals surface area contributed by atoms with Crippen LogP contribution in [0.25, 0.3) is 10.8 Å². The molecule has 0 bridgehead atoms. The van der Waals surface area contributed by atoms with Crippen LogP contribution in [0.2, 0.25) is 0 Å². The Morgan fingerprint density at radius 1 is 0.884 bits per heavy atom. The van der Waals surface area contributed by atoms with Gasteiger partial charge in [-0.3, -0.25) is 0 Å². The van der Waals surface area contributed by atoms with Crippen LogP contribution in [0.3, 0.4) is 0 Å². The number of phenolic OH excluding ortho intramolecular Hbond substituents is 1. The molecule has 4 rings (SSSR count). The maximum Gasteiger partial charge on any atom is 1.00 e. The van der Waals surface area contributed by atoms with E-state index in [1.54, 1.807) is 18.2 Å². The van der Waals surface area contributed by atoms with Crippen molar-refractivity contribution in [2.24, 2.45) is 20.5 Å². The summed E-state index contributed by atoms with van der Waals surface area (Å²) in [5.41, 5.74) is 8.22. The largest absolute Gasteiger partial charge is 1.00 e. The van der Waals surface area contributed by atoms with Crippen LogP contribution >= 0.6 is 0 Å². The molecule has 220 valence electrons. The fourth-order valence-electron chi connectivity index (χ4n) is 4.27. The van der Waals surface area contributed by atoms with Crippen molar-refractivity contribution in [3.05, 3.63) is 66.7 Å². The third-order valence-corrected chi connectivity index (χ3v) is 7.41. The van der Waals surface area contributed by atoms with Gasteiger partial charge in [0.15, 0.2) is 5.75 Å². The third kappa shape index (κ3) is 8.52. The number of anilines is 2. The van der Waals surface area contributed by atoms with E-state index in [1.165, 1.54) is 18.2 Å². The van der Waals surface area contributed by atoms with Crippen LogP contribution in [0.4, 0.5) is 34.1 Å². The Morgan fingerprint density at radius 3 is 2.21 bits per heavy atom. The zero-order valence-corrected chi connectivity index (χ0v) is 27.5. The summed E-state index contributed by atoms with van der Waals surface area (Å²) < 4.78 is 42.0. The molecule has 0 aliphatic heterocycles. The van der Waals surface area contributed by atoms with Gasteiger partial charge in [0.1, 0.15) is 27.2 Å². The average Bonchev–Trinajstić information content (AvgIpc) is 2.97. The van der Waals surface area contributed by atoms with E-state index in [9.17, 15) is 18.1 Å². The Bertz CT molecular complexity index is 1730. The van der Waals surface area contributed by atoms with E-state index >= 15 is 0 Å². The van der Waals surface area contributed by atoms with Crippen LogP contribution in [-0.2, 0) is 10.1 Å². The summed E-state index contributed by atoms with van der Waals surface area (Å²) in [5.74, 6) is -0.194. The molecule has 0 aliphatic rings. The fourth-order valence-corrected chi connectivity index (χ4v) is 4.92. The molecular weight excluding hydrogens is 579 g/mol. The topological polar surface area (TPSA) is 165 Å². The minimum Gasteiger partial charge on any atom is -0.744 e. The van der Waals surface area contributed by atoms with Crippen LogP contribution in [0, 0.1) is 0 Å². The van der Waals surface area contributed by atoms with Gasteiger partial charge in [0, 0.05) is 35.9 Å². The summed E-state index contributed by atoms with van der Waals surface area (Å²) in [6.07, 6.45) is 1.69. The first-order chi connectivity index (χ1) is 20.1. The van der Waals surface area contributed by atoms with Gasteiger partial charge in [-0.25, -0.2) is 8.42 Å². The number of aromatic hydroxyl groups is 1. The second-order valence-electron chi connectivity index (χ2n) is 9.45. The number of nitrogen functional groups attached to an aromatic ring is 1. The smallest absolute Gasteiger partial charge is 0.744 e. The van der Waals surface area contributed by atoms with Gasteiger partial charge in [0.25, 0.3) is 0 Å². The number of unbranched alkanes of at least 4 members (excludes halogenated alkanes) is 1. The quantitative estimate of drug-likeness (QED) is 0.0755. The molecule has 0 atom stereocenters. The molecule has 0 amide bonds. The molecule has 11 nitrogen and oxygen atoms in total. The summed E-state index contributed by atoms with van der Waals surface area (Å²) in [7, 11) is -5.00. The zero-order chi connectivity index (χ0) is 30.3. The number of benzene rings is 4. The standard InChI is InChI=1S/C30H34N6O5S.Na/c1-4-7-16-41-27-19-23(33-32-22-10-13-24(14-11-22)36(5-2)6-3)12-15-26(27)34-35-29-28(42(38,39)40)17-20-8-9-21(31)18-25(20)30(29)37;/h8-15,17-19,37H,4-7,16,31H2,1-3H3,(H,38,39,40);/q;+1/p-1. The maximum absolute atomic E-state index is 12.0. The van der Waals surface area contributed by atoms with Gasteiger partial charge in [-0.1, -0.05) is 19.4 Å². The van der Waals surface area contributed by atoms with Gasteiger partial charge < -0.3 is 25.0 Å². The number of nitrogens with two attached hydrogens (primary N) is 1. The van der Waals surface area contributed by atoms with Gasteiger partial charge in [0.2, 0.25) is 0 Å². The number of hydrogen-bond acceptors (Lipinski definition) is 11. The molecule has 0 aromatic heterocycles. The van der Waals surface area contributed by atoms with E-state index in [1.807, 2.05) is 31.2 Å². The van der Waals surface area contributed by atoms with Gasteiger partial charge in [-0.2, -0.15) is 10.2 Å². The van der Waals surface area contributed by atoms with Crippen LogP contribution in [0.5, 0.6) is 11.5 Å². The SMILES string of the molecule is CCCCOc1cc(N=Nc2ccc(N(CC)CC)cc2)ccc1N=Nc1c(S(=O)(=O)[O-])cc2ccc(N)cc2c1O.[Na+]. The summed E-state index contributed by atoms with van der Waals surface area (Å²) in [5, 5.41) is 28.2. The second-order valence-corrected chi connectivity index (χ2v) is 10.8. The van der Waals surface area contributed by atoms with Gasteiger partial charge >= 0.3 is 29.6 Å². The number of ether oxygens (including phenoxy) is 1. The summed E-state index contributed by atoms with van der Waals surface area (Å²) in [6, 6.07) is 18.3. The van der Waals surface area contributed by atoms with Crippen LogP contribution in [-0.4, -0.2) is 37.8 Å². The van der Waals surface area contributed by atoms with Crippen LogP contribution < -0.4 is 44.9 Å². The van der Waals surface area contributed by atoms with Crippen molar-refractivity contribution in [3.8, 4) is 11.5 Å². The Labute approximate surface area is 273 Å². The first-order valence-corrected chi connectivity index (χ1v) is 15.0. The predicted molar refractivity (Wildman–Crippen MR) is 163 cm³/mol. The normalized spacial score (nSPS) is 11.7. The van der Waals surface area contributed by atoms with E-state index in [2.05, 4.69) is 39.2 Å². The van der Waals surface area contributed by atoms with Crippen molar-refractivity contribution in [2.45, 2.75) is 38.5 Å². The van der Waals surface area contributed by atoms with Crippen molar-refractivity contribution in [3.63, 3.8) is 0 Å². The Hall–Kier alpha value is -3.55. The Balaban J connectivity index is 0.00000506. The number of phenols is 1. The van der Waals surface area contributed by atoms with Gasteiger partial charge in [-0.15, -0.1) is 10.2 Å². The molecule has 4 aromatic rings. The molecule has 0 fully saturated rings. The van der Waals surface area contributed by atoms with E-state index < -0.39 is 26.5 Å². The number of fused-ring (bicyclic) bond motifs is 1. The van der Waals surface area contributed by atoms with Crippen molar-refractivity contribution < 1.29 is 52.4 Å². The molecule has 0 saturated carbocycles. The minimum absolute atomic E-state index is 0. The molecule has 0 aliphatic carbocycles. The maximum atomic E-state index is 12.0. The van der Waals surface area contributed by atoms with E-state index in [0.29, 0.717) is 34.8 Å². The second kappa shape index (κ2) is 15.3. The molecule has 0 spiro atoms. The monoisotopic (exact) mass is 612 g/mol. The first-order valence-electron chi connectivity index (χ1n) is 13.6. The van der Waals surface area contributed by atoms with E-state index in [0.717, 1.165) is 37.7 Å². The Kier molecular flexibility index (Phi) is 12.0. The Morgan fingerprint density at radius 2 is 1.56 bits per heavy atom. The van der Waals surface area contributed by atoms with Crippen LogP contribution in [0.1, 0.15) is 33.6 Å². The van der Waals surface area contributed by atoms with Gasteiger partial charge in [-0.05, 0) is 80.3 Å². The number of hydrogen-bond donors (Lipinski definition) is 2. The molecule has 0 radical (unpaired) electrons. The zero-order valence-electron chi connectivity index (χ0n) is 24.7. The number of rotatable bonds is 12. The first kappa shape index (κ1) is 33.9. The van der Waals surface area contributed by atoms with Crippen molar-refractivity contribution in [2.75, 3.05) is 30.3 Å². The molecule has 0 unspecified atom stereocenters. The number of azo groups is 2. The predicted octanol–water partition coefficient (Wildman–Crippen LogP) is 4.89. The van der Waals surface area contributed by atoms with Crippen LogP contribution in [0.15, 0.2) is 92.1 Å². The summed E-state index contributed by atoms with van der Waals surface area (Å²) in [6.45, 7) is 8.45. The fraction of sp³-hybridized carbons (Fsp3) is 0.267. The molecular formula is C30H33N6NaO5S. The molecule has 13 heteroatoms. The van der Waals surface area contributed by atoms with E-state index in [-0.39, 0.29) is 40.6 Å². The molecule has 0 saturated heterocycles. The van der Waals surface area contributed by atoms with Crippen molar-refractivity contribution >= 4 is 55.0 Å². The molecule has 0 heterocycles. The van der Waals surface area contributed by atoms with Gasteiger partial charge in [0.05, 0.1) is 22.9 Å². The molecule has 3 N–H and O–H groups in total. The van der Waals surface area contributed by atoms with E-state index in [4.69, 9.17) is 10.5 Å². The molecule has 4 aromatic carbocycles. The van der Waals surface area contributed by atoms with Crippen molar-refractivity contribution in [1.29, 1.82) is 0 Å². The minimum atomic E-state index is -5.00. The average molecular weight is 613 g/mol. The third-order valence-electron chi connectivity index (χ3n) is 6.56.